The highest BCUT2D eigenvalue weighted by Crippen LogP contribution is 2.13. The van der Waals surface area contributed by atoms with Gasteiger partial charge in [-0.25, -0.2) is 0 Å². The third-order valence-corrected chi connectivity index (χ3v) is 2.81. The van der Waals surface area contributed by atoms with Gasteiger partial charge in [-0.05, 0) is 19.8 Å². The van der Waals surface area contributed by atoms with Gasteiger partial charge in [0.05, 0.1) is 13.0 Å². The Morgan fingerprint density at radius 1 is 1.32 bits per heavy atom. The number of rotatable bonds is 8. The second-order valence-corrected chi connectivity index (χ2v) is 4.50. The summed E-state index contributed by atoms with van der Waals surface area (Å²) in [5.74, 6) is -0.909. The molecule has 0 radical (unpaired) electrons. The first kappa shape index (κ1) is 17.4. The average molecular weight is 269 g/mol. The maximum Gasteiger partial charge on any atom is 0.306 e. The maximum atomic E-state index is 11.4. The number of primary amides is 1. The van der Waals surface area contributed by atoms with Gasteiger partial charge in [-0.3, -0.25) is 9.59 Å². The van der Waals surface area contributed by atoms with Gasteiger partial charge >= 0.3 is 5.97 Å². The molecule has 5 nitrogen and oxygen atoms in total. The summed E-state index contributed by atoms with van der Waals surface area (Å²) in [6, 6.07) is 2.76. The van der Waals surface area contributed by atoms with Crippen LogP contribution in [-0.2, 0) is 14.3 Å². The van der Waals surface area contributed by atoms with Gasteiger partial charge < -0.3 is 10.5 Å². The molecule has 0 heterocycles. The highest BCUT2D eigenvalue weighted by atomic mass is 16.5. The maximum absolute atomic E-state index is 11.4. The number of hydrogen-bond acceptors (Lipinski definition) is 3. The lowest BCUT2D eigenvalue weighted by molar-refractivity contribution is -0.144. The van der Waals surface area contributed by atoms with Gasteiger partial charge in [0.1, 0.15) is 0 Å². The average Bonchev–Trinajstić information content (AvgIpc) is 2.34. The van der Waals surface area contributed by atoms with Crippen molar-refractivity contribution in [3.63, 3.8) is 0 Å². The summed E-state index contributed by atoms with van der Waals surface area (Å²) in [4.78, 5) is 26.6. The van der Waals surface area contributed by atoms with Crippen LogP contribution in [0.3, 0.4) is 0 Å². The van der Waals surface area contributed by atoms with E-state index >= 15 is 0 Å². The summed E-state index contributed by atoms with van der Waals surface area (Å²) >= 11 is 0. The zero-order valence-corrected chi connectivity index (χ0v) is 12.1. The molecule has 108 valence electrons. The Bertz CT molecular complexity index is 344. The van der Waals surface area contributed by atoms with Crippen molar-refractivity contribution >= 4 is 11.9 Å². The number of nitrogens with zero attached hydrogens (tertiary/aromatic N) is 1. The largest absolute Gasteiger partial charge is 0.466 e. The summed E-state index contributed by atoms with van der Waals surface area (Å²) in [6.45, 7) is 6.59. The molecule has 0 saturated heterocycles. The van der Waals surface area contributed by atoms with Gasteiger partial charge in [0, 0.05) is 5.92 Å². The smallest absolute Gasteiger partial charge is 0.306 e. The van der Waals surface area contributed by atoms with E-state index in [1.807, 2.05) is 6.92 Å². The van der Waals surface area contributed by atoms with Gasteiger partial charge in [0.25, 0.3) is 12.6 Å². The van der Waals surface area contributed by atoms with Gasteiger partial charge in [-0.2, -0.15) is 0 Å². The quantitative estimate of drug-likeness (QED) is 0.686. The number of ether oxygens (including phenoxy) is 1. The fourth-order valence-electron chi connectivity index (χ4n) is 1.77. The molecule has 0 aromatic heterocycles. The number of nitrogens with two attached hydrogens (primary N) is 1. The fraction of sp³-hybridized carbons (Fsp3) is 0.786. The molecule has 0 aliphatic rings. The fourth-order valence-corrected chi connectivity index (χ4v) is 1.77. The standard InChI is InChI=1S/C14H24N2O3/c1-4-7-11(8-13(17)19-6-3)9-16-10-12(5-2)14(15)18/h11-12H,4-9H2,1-3H3,(H-,15,18)/p+1/t11-,12?/m1/s1. The van der Waals surface area contributed by atoms with Crippen molar-refractivity contribution in [2.24, 2.45) is 17.6 Å². The third-order valence-electron chi connectivity index (χ3n) is 2.81. The Morgan fingerprint density at radius 2 is 2.00 bits per heavy atom. The molecule has 0 aliphatic carbocycles. The summed E-state index contributed by atoms with van der Waals surface area (Å²) in [5, 5.41) is 0. The van der Waals surface area contributed by atoms with Crippen molar-refractivity contribution in [3.05, 3.63) is 4.85 Å². The normalized spacial score (nSPS) is 13.0. The molecular formula is C14H25N2O3+. The summed E-state index contributed by atoms with van der Waals surface area (Å²) in [7, 11) is 0. The monoisotopic (exact) mass is 269 g/mol. The molecule has 1 unspecified atom stereocenters. The van der Waals surface area contributed by atoms with E-state index in [2.05, 4.69) is 17.8 Å². The Labute approximate surface area is 115 Å². The highest BCUT2D eigenvalue weighted by molar-refractivity contribution is 5.79. The van der Waals surface area contributed by atoms with E-state index in [0.717, 1.165) is 12.8 Å². The Kier molecular flexibility index (Phi) is 9.51. The third kappa shape index (κ3) is 8.20. The molecule has 0 fully saturated rings. The van der Waals surface area contributed by atoms with Crippen molar-refractivity contribution in [1.82, 2.24) is 0 Å². The van der Waals surface area contributed by atoms with E-state index < -0.39 is 11.8 Å². The first-order valence-electron chi connectivity index (χ1n) is 6.91. The number of carbonyl (C=O) groups is 2. The molecule has 0 aromatic carbocycles. The lowest BCUT2D eigenvalue weighted by Gasteiger charge is -2.07. The van der Waals surface area contributed by atoms with Crippen LogP contribution in [0.15, 0.2) is 0 Å². The van der Waals surface area contributed by atoms with Crippen LogP contribution in [0.25, 0.3) is 4.85 Å². The number of esters is 1. The second-order valence-electron chi connectivity index (χ2n) is 4.50. The van der Waals surface area contributed by atoms with E-state index in [0.29, 0.717) is 26.0 Å². The van der Waals surface area contributed by atoms with Gasteiger partial charge in [-0.15, -0.1) is 0 Å². The lowest BCUT2D eigenvalue weighted by atomic mass is 10.00. The Balaban J connectivity index is 4.38. The van der Waals surface area contributed by atoms with Crippen molar-refractivity contribution in [3.8, 4) is 6.07 Å². The van der Waals surface area contributed by atoms with Crippen molar-refractivity contribution in [1.29, 1.82) is 0 Å². The molecule has 2 N–H and O–H groups in total. The van der Waals surface area contributed by atoms with Crippen LogP contribution in [0.2, 0.25) is 0 Å². The summed E-state index contributed by atoms with van der Waals surface area (Å²) < 4.78 is 4.93. The van der Waals surface area contributed by atoms with Crippen LogP contribution < -0.4 is 5.73 Å². The molecule has 19 heavy (non-hydrogen) atoms. The molecule has 0 bridgehead atoms. The molecule has 0 rings (SSSR count). The first-order valence-corrected chi connectivity index (χ1v) is 6.91. The minimum atomic E-state index is -0.440. The minimum Gasteiger partial charge on any atom is -0.466 e. The van der Waals surface area contributed by atoms with Crippen molar-refractivity contribution in [2.45, 2.75) is 46.5 Å². The predicted octanol–water partition coefficient (Wildman–Crippen LogP) is 2.20. The van der Waals surface area contributed by atoms with Crippen LogP contribution in [-0.4, -0.2) is 25.0 Å². The van der Waals surface area contributed by atoms with Crippen LogP contribution in [0, 0.1) is 17.9 Å². The van der Waals surface area contributed by atoms with E-state index in [9.17, 15) is 9.59 Å². The van der Waals surface area contributed by atoms with Crippen molar-refractivity contribution in [2.75, 3.05) is 13.2 Å². The van der Waals surface area contributed by atoms with E-state index in [4.69, 9.17) is 10.5 Å². The van der Waals surface area contributed by atoms with Crippen LogP contribution >= 0.6 is 0 Å². The van der Waals surface area contributed by atoms with E-state index in [1.165, 1.54) is 0 Å². The highest BCUT2D eigenvalue weighted by Gasteiger charge is 2.20. The molecule has 0 saturated carbocycles. The molecule has 0 aromatic rings. The Morgan fingerprint density at radius 3 is 2.47 bits per heavy atom. The van der Waals surface area contributed by atoms with Crippen LogP contribution in [0.4, 0.5) is 0 Å². The lowest BCUT2D eigenvalue weighted by Crippen LogP contribution is -2.21. The number of carbonyl (C=O) groups excluding carboxylic acids is 2. The first-order chi connectivity index (χ1) is 9.04. The molecule has 1 amide bonds. The molecule has 5 heteroatoms. The summed E-state index contributed by atoms with van der Waals surface area (Å²) in [6.07, 6.45) is 2.83. The van der Waals surface area contributed by atoms with Gasteiger partial charge in [0.15, 0.2) is 5.92 Å². The van der Waals surface area contributed by atoms with E-state index in [1.54, 1.807) is 6.92 Å². The minimum absolute atomic E-state index is 0.141. The molecule has 0 spiro atoms. The Hall–Kier alpha value is -1.57. The van der Waals surface area contributed by atoms with Crippen LogP contribution in [0.1, 0.15) is 46.5 Å². The van der Waals surface area contributed by atoms with Gasteiger partial charge in [-0.1, -0.05) is 25.1 Å². The molecular weight excluding hydrogens is 244 g/mol. The number of hydrogen-bond donors (Lipinski definition) is 1. The van der Waals surface area contributed by atoms with Crippen molar-refractivity contribution < 1.29 is 14.3 Å². The molecule has 2 atom stereocenters. The zero-order chi connectivity index (χ0) is 14.7. The van der Waals surface area contributed by atoms with E-state index in [-0.39, 0.29) is 11.9 Å². The zero-order valence-electron chi connectivity index (χ0n) is 12.1. The summed E-state index contributed by atoms with van der Waals surface area (Å²) in [5.41, 5.74) is 5.21. The van der Waals surface area contributed by atoms with Gasteiger partial charge in [0.2, 0.25) is 5.91 Å². The number of amides is 1. The predicted molar refractivity (Wildman–Crippen MR) is 74.7 cm³/mol. The van der Waals surface area contributed by atoms with Crippen LogP contribution in [0.5, 0.6) is 0 Å². The topological polar surface area (TPSA) is 73.8 Å². The second kappa shape index (κ2) is 10.4. The molecule has 0 aliphatic heterocycles. The SMILES string of the molecule is CCC[C@@H](C[N+]#CC(CC)C(N)=O)CC(=O)OCC.